The molecule has 2 aliphatic carbocycles. The molecule has 2 rings (SSSR count). The Morgan fingerprint density at radius 2 is 1.25 bits per heavy atom. The van der Waals surface area contributed by atoms with E-state index in [1.54, 1.807) is 0 Å². The van der Waals surface area contributed by atoms with Crippen LogP contribution >= 0.6 is 0 Å². The average molecular weight is 316 g/mol. The van der Waals surface area contributed by atoms with Crippen LogP contribution in [0.5, 0.6) is 0 Å². The van der Waals surface area contributed by atoms with Crippen LogP contribution in [0.1, 0.15) is 12.8 Å². The molecular formula is C10H10ClSm. The summed E-state index contributed by atoms with van der Waals surface area (Å²) in [5, 5.41) is 0. The molecule has 0 spiro atoms. The molecule has 1 radical (unpaired) electrons. The van der Waals surface area contributed by atoms with E-state index in [2.05, 4.69) is 24.3 Å². The molecule has 0 N–H and O–H groups in total. The summed E-state index contributed by atoms with van der Waals surface area (Å²) in [6.45, 7) is 0. The van der Waals surface area contributed by atoms with E-state index < -0.39 is 0 Å². The first-order valence-corrected chi connectivity index (χ1v) is 3.43. The van der Waals surface area contributed by atoms with Gasteiger partial charge in [0.25, 0.3) is 0 Å². The Kier molecular flexibility index (Phi) is 14.6. The van der Waals surface area contributed by atoms with Gasteiger partial charge >= 0.3 is 40.4 Å². The first kappa shape index (κ1) is 15.1. The molecule has 0 aromatic rings. The molecule has 0 aromatic carbocycles. The minimum Gasteiger partial charge on any atom is -1.00 e. The van der Waals surface area contributed by atoms with Crippen LogP contribution in [-0.2, 0) is 0 Å². The number of rotatable bonds is 0. The molecule has 0 fully saturated rings. The molecule has 0 unspecified atom stereocenters. The SMILES string of the molecule is [C-]1=CC=CC1.[C-]1=CC=CC1.[Cl-].[Sm+3]. The largest absolute Gasteiger partial charge is 3.00 e. The average Bonchev–Trinajstić information content (AvgIpc) is 2.67. The summed E-state index contributed by atoms with van der Waals surface area (Å²) in [5.41, 5.74) is 0. The van der Waals surface area contributed by atoms with Crippen molar-refractivity contribution in [3.05, 3.63) is 48.6 Å². The van der Waals surface area contributed by atoms with Crippen LogP contribution in [0.15, 0.2) is 36.5 Å². The standard InChI is InChI=1S/2C5H5.ClH.Sm/c2*1-2-4-5-3-1;;/h2*1-3H,4H2;1H;/q2*-1;;+3/p-1. The van der Waals surface area contributed by atoms with E-state index in [-0.39, 0.29) is 52.8 Å². The number of hydrogen-bond donors (Lipinski definition) is 0. The van der Waals surface area contributed by atoms with Crippen molar-refractivity contribution in [2.45, 2.75) is 12.8 Å². The van der Waals surface area contributed by atoms with Gasteiger partial charge in [-0.05, 0) is 0 Å². The smallest absolute Gasteiger partial charge is 1.00 e. The van der Waals surface area contributed by atoms with Crippen molar-refractivity contribution >= 4 is 0 Å². The van der Waals surface area contributed by atoms with E-state index in [9.17, 15) is 0 Å². The maximum absolute atomic E-state index is 2.99. The zero-order valence-electron chi connectivity index (χ0n) is 6.66. The zero-order chi connectivity index (χ0) is 7.07. The van der Waals surface area contributed by atoms with E-state index >= 15 is 0 Å². The Morgan fingerprint density at radius 3 is 1.33 bits per heavy atom. The summed E-state index contributed by atoms with van der Waals surface area (Å²) in [4.78, 5) is 0. The molecule has 0 nitrogen and oxygen atoms in total. The minimum atomic E-state index is 0. The van der Waals surface area contributed by atoms with Crippen molar-refractivity contribution in [1.82, 2.24) is 0 Å². The summed E-state index contributed by atoms with van der Waals surface area (Å²) in [7, 11) is 0. The van der Waals surface area contributed by atoms with E-state index in [1.165, 1.54) is 0 Å². The van der Waals surface area contributed by atoms with Gasteiger partial charge in [0.05, 0.1) is 0 Å². The van der Waals surface area contributed by atoms with Gasteiger partial charge in [-0.15, -0.1) is 12.8 Å². The van der Waals surface area contributed by atoms with Gasteiger partial charge < -0.3 is 12.4 Å². The van der Waals surface area contributed by atoms with Crippen LogP contribution in [0.25, 0.3) is 0 Å². The van der Waals surface area contributed by atoms with Crippen molar-refractivity contribution < 1.29 is 52.8 Å². The molecule has 12 heavy (non-hydrogen) atoms. The maximum Gasteiger partial charge on any atom is 3.00 e. The zero-order valence-corrected chi connectivity index (χ0v) is 10.0. The van der Waals surface area contributed by atoms with Gasteiger partial charge in [-0.3, -0.25) is 12.2 Å². The molecule has 0 amide bonds. The van der Waals surface area contributed by atoms with Gasteiger partial charge in [0, 0.05) is 0 Å². The molecule has 63 valence electrons. The maximum atomic E-state index is 2.99. The Hall–Kier alpha value is 0.588. The van der Waals surface area contributed by atoms with Gasteiger partial charge in [-0.2, -0.15) is 12.2 Å². The fourth-order valence-corrected chi connectivity index (χ4v) is 0.680. The van der Waals surface area contributed by atoms with E-state index in [0.717, 1.165) is 12.8 Å². The summed E-state index contributed by atoms with van der Waals surface area (Å²) >= 11 is 0. The third-order valence-electron chi connectivity index (χ3n) is 1.17. The normalized spacial score (nSPS) is 14.7. The Labute approximate surface area is 113 Å². The van der Waals surface area contributed by atoms with Crippen LogP contribution in [0.4, 0.5) is 0 Å². The predicted octanol–water partition coefficient (Wildman–Crippen LogP) is -0.385. The van der Waals surface area contributed by atoms with Crippen LogP contribution < -0.4 is 12.4 Å². The molecule has 0 bridgehead atoms. The van der Waals surface area contributed by atoms with Crippen LogP contribution in [0.3, 0.4) is 0 Å². The van der Waals surface area contributed by atoms with Crippen molar-refractivity contribution in [3.63, 3.8) is 0 Å². The monoisotopic (exact) mass is 317 g/mol. The van der Waals surface area contributed by atoms with Gasteiger partial charge in [-0.25, -0.2) is 24.3 Å². The molecular weight excluding hydrogens is 306 g/mol. The first-order valence-electron chi connectivity index (χ1n) is 3.43. The quantitative estimate of drug-likeness (QED) is 0.535. The third kappa shape index (κ3) is 8.68. The van der Waals surface area contributed by atoms with Crippen LogP contribution in [0, 0.1) is 52.5 Å². The van der Waals surface area contributed by atoms with Gasteiger partial charge in [0.1, 0.15) is 0 Å². The van der Waals surface area contributed by atoms with Crippen molar-refractivity contribution in [3.8, 4) is 0 Å². The molecule has 0 saturated carbocycles. The first-order chi connectivity index (χ1) is 5.00. The second-order valence-corrected chi connectivity index (χ2v) is 2.01. The molecule has 0 aromatic heterocycles. The molecule has 0 heterocycles. The number of allylic oxidation sites excluding steroid dienone is 8. The summed E-state index contributed by atoms with van der Waals surface area (Å²) < 4.78 is 0. The van der Waals surface area contributed by atoms with Gasteiger partial charge in [0.2, 0.25) is 0 Å². The summed E-state index contributed by atoms with van der Waals surface area (Å²) in [6, 6.07) is 0. The van der Waals surface area contributed by atoms with Crippen molar-refractivity contribution in [1.29, 1.82) is 0 Å². The van der Waals surface area contributed by atoms with E-state index in [4.69, 9.17) is 0 Å². The second kappa shape index (κ2) is 11.6. The fraction of sp³-hybridized carbons (Fsp3) is 0.200. The van der Waals surface area contributed by atoms with Gasteiger partial charge in [0.15, 0.2) is 0 Å². The molecule has 0 aliphatic heterocycles. The molecule has 0 atom stereocenters. The van der Waals surface area contributed by atoms with Crippen LogP contribution in [-0.4, -0.2) is 0 Å². The second-order valence-electron chi connectivity index (χ2n) is 2.01. The summed E-state index contributed by atoms with van der Waals surface area (Å²) in [5.74, 6) is 0. The van der Waals surface area contributed by atoms with Crippen LogP contribution in [0.2, 0.25) is 0 Å². The Bertz CT molecular complexity index is 148. The van der Waals surface area contributed by atoms with Crippen molar-refractivity contribution in [2.24, 2.45) is 0 Å². The third-order valence-corrected chi connectivity index (χ3v) is 1.17. The Morgan fingerprint density at radius 1 is 0.833 bits per heavy atom. The minimum absolute atomic E-state index is 0. The number of halogens is 1. The van der Waals surface area contributed by atoms with E-state index in [0.29, 0.717) is 0 Å². The topological polar surface area (TPSA) is 0 Å². The molecule has 2 aliphatic rings. The fourth-order valence-electron chi connectivity index (χ4n) is 0.680. The molecule has 2 heteroatoms. The van der Waals surface area contributed by atoms with Gasteiger partial charge in [-0.1, -0.05) is 0 Å². The van der Waals surface area contributed by atoms with E-state index in [1.807, 2.05) is 24.3 Å². The molecule has 0 saturated heterocycles. The van der Waals surface area contributed by atoms with Crippen molar-refractivity contribution in [2.75, 3.05) is 0 Å². The Balaban J connectivity index is 0. The number of hydrogen-bond acceptors (Lipinski definition) is 0. The summed E-state index contributed by atoms with van der Waals surface area (Å²) in [6.07, 6.45) is 20.0. The predicted molar refractivity (Wildman–Crippen MR) is 43.1 cm³/mol.